The molecule has 0 atom stereocenters. The molecule has 19 heavy (non-hydrogen) atoms. The van der Waals surface area contributed by atoms with Crippen molar-refractivity contribution in [3.8, 4) is 0 Å². The van der Waals surface area contributed by atoms with Crippen LogP contribution in [0.4, 0.5) is 0 Å². The summed E-state index contributed by atoms with van der Waals surface area (Å²) >= 11 is 0. The summed E-state index contributed by atoms with van der Waals surface area (Å²) in [5.41, 5.74) is 7.38. The zero-order chi connectivity index (χ0) is 14.0. The zero-order valence-corrected chi connectivity index (χ0v) is 11.7. The number of aromatic nitrogens is 1. The van der Waals surface area contributed by atoms with Gasteiger partial charge in [0.15, 0.2) is 0 Å². The molecule has 0 aliphatic heterocycles. The summed E-state index contributed by atoms with van der Waals surface area (Å²) in [6.07, 6.45) is 2.06. The second-order valence-electron chi connectivity index (χ2n) is 5.55. The lowest BCUT2D eigenvalue weighted by Crippen LogP contribution is -2.41. The molecule has 102 valence electrons. The highest BCUT2D eigenvalue weighted by molar-refractivity contribution is 5.85. The van der Waals surface area contributed by atoms with Crippen molar-refractivity contribution in [3.63, 3.8) is 0 Å². The quantitative estimate of drug-likeness (QED) is 0.879. The average Bonchev–Trinajstić information content (AvgIpc) is 2.73. The van der Waals surface area contributed by atoms with Crippen LogP contribution in [0.3, 0.4) is 0 Å². The van der Waals surface area contributed by atoms with Gasteiger partial charge in [0.25, 0.3) is 0 Å². The number of carbonyl (C=O) groups excluding carboxylic acids is 1. The predicted octanol–water partition coefficient (Wildman–Crippen LogP) is 1.78. The smallest absolute Gasteiger partial charge is 0.227 e. The fourth-order valence-corrected chi connectivity index (χ4v) is 2.07. The highest BCUT2D eigenvalue weighted by Gasteiger charge is 2.25. The minimum Gasteiger partial charge on any atom is -0.351 e. The third kappa shape index (κ3) is 2.63. The first-order valence-corrected chi connectivity index (χ1v) is 6.47. The Morgan fingerprint density at radius 3 is 2.74 bits per heavy atom. The molecule has 3 N–H and O–H groups in total. The molecule has 1 amide bonds. The van der Waals surface area contributed by atoms with Crippen molar-refractivity contribution in [1.82, 2.24) is 9.88 Å². The summed E-state index contributed by atoms with van der Waals surface area (Å²) in [6, 6.07) is 8.18. The van der Waals surface area contributed by atoms with Crippen LogP contribution in [-0.4, -0.2) is 17.0 Å². The molecule has 1 aromatic heterocycles. The second kappa shape index (κ2) is 5.05. The van der Waals surface area contributed by atoms with E-state index in [-0.39, 0.29) is 5.91 Å². The highest BCUT2D eigenvalue weighted by Crippen LogP contribution is 2.20. The van der Waals surface area contributed by atoms with Crippen LogP contribution in [0.25, 0.3) is 10.9 Å². The Morgan fingerprint density at radius 2 is 2.05 bits per heavy atom. The molecule has 0 spiro atoms. The van der Waals surface area contributed by atoms with E-state index < -0.39 is 5.41 Å². The van der Waals surface area contributed by atoms with Gasteiger partial charge in [-0.25, -0.2) is 0 Å². The van der Waals surface area contributed by atoms with Gasteiger partial charge in [-0.3, -0.25) is 4.79 Å². The molecule has 2 rings (SSSR count). The minimum absolute atomic E-state index is 0.0112. The van der Waals surface area contributed by atoms with Gasteiger partial charge < -0.3 is 15.6 Å². The van der Waals surface area contributed by atoms with Gasteiger partial charge >= 0.3 is 0 Å². The van der Waals surface area contributed by atoms with Gasteiger partial charge in [-0.2, -0.15) is 0 Å². The Hall–Kier alpha value is -1.81. The summed E-state index contributed by atoms with van der Waals surface area (Å²) in [5.74, 6) is -0.0112. The molecule has 4 nitrogen and oxygen atoms in total. The first-order chi connectivity index (χ1) is 8.95. The molecule has 0 aliphatic rings. The largest absolute Gasteiger partial charge is 0.351 e. The van der Waals surface area contributed by atoms with Crippen molar-refractivity contribution in [2.24, 2.45) is 18.2 Å². The van der Waals surface area contributed by atoms with Gasteiger partial charge in [-0.15, -0.1) is 0 Å². The SMILES string of the molecule is Cn1cc(CNC(=O)C(C)(C)CN)c2ccccc21. The van der Waals surface area contributed by atoms with E-state index in [2.05, 4.69) is 28.2 Å². The molecule has 1 aromatic carbocycles. The molecule has 0 fully saturated rings. The first kappa shape index (κ1) is 13.6. The monoisotopic (exact) mass is 259 g/mol. The maximum Gasteiger partial charge on any atom is 0.227 e. The summed E-state index contributed by atoms with van der Waals surface area (Å²) < 4.78 is 2.07. The lowest BCUT2D eigenvalue weighted by atomic mass is 9.92. The summed E-state index contributed by atoms with van der Waals surface area (Å²) in [4.78, 5) is 12.0. The number of carbonyl (C=O) groups is 1. The molecule has 0 unspecified atom stereocenters. The molecule has 1 heterocycles. The molecule has 2 aromatic rings. The third-order valence-corrected chi connectivity index (χ3v) is 3.54. The van der Waals surface area contributed by atoms with Crippen LogP contribution in [0.5, 0.6) is 0 Å². The summed E-state index contributed by atoms with van der Waals surface area (Å²) in [7, 11) is 2.01. The minimum atomic E-state index is -0.523. The molecular weight excluding hydrogens is 238 g/mol. The maximum atomic E-state index is 12.0. The van der Waals surface area contributed by atoms with E-state index >= 15 is 0 Å². The van der Waals surface area contributed by atoms with Crippen molar-refractivity contribution in [2.45, 2.75) is 20.4 Å². The topological polar surface area (TPSA) is 60.0 Å². The van der Waals surface area contributed by atoms with Crippen LogP contribution in [0.1, 0.15) is 19.4 Å². The van der Waals surface area contributed by atoms with Crippen molar-refractivity contribution >= 4 is 16.8 Å². The van der Waals surface area contributed by atoms with Crippen LogP contribution < -0.4 is 11.1 Å². The van der Waals surface area contributed by atoms with Gasteiger partial charge in [-0.1, -0.05) is 18.2 Å². The Morgan fingerprint density at radius 1 is 1.37 bits per heavy atom. The molecule has 0 saturated carbocycles. The Bertz CT molecular complexity index is 598. The molecule has 0 radical (unpaired) electrons. The molecule has 0 aliphatic carbocycles. The fraction of sp³-hybridized carbons (Fsp3) is 0.400. The lowest BCUT2D eigenvalue weighted by Gasteiger charge is -2.21. The Balaban J connectivity index is 2.17. The number of nitrogens with zero attached hydrogens (tertiary/aromatic N) is 1. The van der Waals surface area contributed by atoms with Gasteiger partial charge in [0.2, 0.25) is 5.91 Å². The number of aryl methyl sites for hydroxylation is 1. The Kier molecular flexibility index (Phi) is 3.62. The standard InChI is InChI=1S/C15H21N3O/c1-15(2,10-16)14(19)17-8-11-9-18(3)13-7-5-4-6-12(11)13/h4-7,9H,8,10,16H2,1-3H3,(H,17,19). The second-order valence-corrected chi connectivity index (χ2v) is 5.55. The number of amides is 1. The van der Waals surface area contributed by atoms with Crippen molar-refractivity contribution < 1.29 is 4.79 Å². The maximum absolute atomic E-state index is 12.0. The number of para-hydroxylation sites is 1. The van der Waals surface area contributed by atoms with Gasteiger partial charge in [0.05, 0.1) is 5.41 Å². The fourth-order valence-electron chi connectivity index (χ4n) is 2.07. The molecule has 0 bridgehead atoms. The van der Waals surface area contributed by atoms with Crippen LogP contribution >= 0.6 is 0 Å². The third-order valence-electron chi connectivity index (χ3n) is 3.54. The number of benzene rings is 1. The van der Waals surface area contributed by atoms with E-state index in [0.29, 0.717) is 13.1 Å². The van der Waals surface area contributed by atoms with Gasteiger partial charge in [-0.05, 0) is 25.5 Å². The predicted molar refractivity (Wildman–Crippen MR) is 77.6 cm³/mol. The van der Waals surface area contributed by atoms with E-state index in [4.69, 9.17) is 5.73 Å². The van der Waals surface area contributed by atoms with Crippen molar-refractivity contribution in [2.75, 3.05) is 6.54 Å². The van der Waals surface area contributed by atoms with E-state index in [9.17, 15) is 4.79 Å². The molecule has 0 saturated heterocycles. The Labute approximate surface area is 113 Å². The number of hydrogen-bond acceptors (Lipinski definition) is 2. The number of fused-ring (bicyclic) bond motifs is 1. The number of hydrogen-bond donors (Lipinski definition) is 2. The lowest BCUT2D eigenvalue weighted by molar-refractivity contribution is -0.129. The molecular formula is C15H21N3O. The summed E-state index contributed by atoms with van der Waals surface area (Å²) in [6.45, 7) is 4.58. The van der Waals surface area contributed by atoms with Crippen LogP contribution in [-0.2, 0) is 18.4 Å². The van der Waals surface area contributed by atoms with Crippen LogP contribution in [0.15, 0.2) is 30.5 Å². The van der Waals surface area contributed by atoms with Crippen molar-refractivity contribution in [1.29, 1.82) is 0 Å². The number of nitrogens with two attached hydrogens (primary N) is 1. The van der Waals surface area contributed by atoms with Gasteiger partial charge in [0.1, 0.15) is 0 Å². The van der Waals surface area contributed by atoms with E-state index in [0.717, 1.165) is 5.56 Å². The van der Waals surface area contributed by atoms with Gasteiger partial charge in [0, 0.05) is 37.2 Å². The highest BCUT2D eigenvalue weighted by atomic mass is 16.2. The number of rotatable bonds is 4. The first-order valence-electron chi connectivity index (χ1n) is 6.47. The summed E-state index contributed by atoms with van der Waals surface area (Å²) in [5, 5.41) is 4.14. The van der Waals surface area contributed by atoms with E-state index in [1.807, 2.05) is 33.0 Å². The molecule has 4 heteroatoms. The normalized spacial score (nSPS) is 11.8. The van der Waals surface area contributed by atoms with Crippen molar-refractivity contribution in [3.05, 3.63) is 36.0 Å². The zero-order valence-electron chi connectivity index (χ0n) is 11.7. The van der Waals surface area contributed by atoms with Crippen LogP contribution in [0, 0.1) is 5.41 Å². The average molecular weight is 259 g/mol. The van der Waals surface area contributed by atoms with E-state index in [1.165, 1.54) is 10.9 Å². The number of nitrogens with one attached hydrogen (secondary N) is 1. The van der Waals surface area contributed by atoms with E-state index in [1.54, 1.807) is 0 Å². The van der Waals surface area contributed by atoms with Crippen LogP contribution in [0.2, 0.25) is 0 Å².